The average Bonchev–Trinajstić information content (AvgIpc) is 2.52. The molecule has 0 aromatic carbocycles. The third-order valence-electron chi connectivity index (χ3n) is 2.82. The molecule has 16 heavy (non-hydrogen) atoms. The van der Waals surface area contributed by atoms with Gasteiger partial charge in [0, 0.05) is 11.3 Å². The van der Waals surface area contributed by atoms with Gasteiger partial charge in [0.1, 0.15) is 0 Å². The van der Waals surface area contributed by atoms with Crippen molar-refractivity contribution in [2.45, 2.75) is 34.2 Å². The lowest BCUT2D eigenvalue weighted by atomic mass is 10.2. The first-order valence-electron chi connectivity index (χ1n) is 5.23. The van der Waals surface area contributed by atoms with E-state index in [4.69, 9.17) is 0 Å². The van der Waals surface area contributed by atoms with Crippen LogP contribution in [0.2, 0.25) is 0 Å². The molecule has 0 unspecified atom stereocenters. The summed E-state index contributed by atoms with van der Waals surface area (Å²) in [5, 5.41) is 4.39. The topological polar surface area (TPSA) is 44.1 Å². The van der Waals surface area contributed by atoms with Crippen LogP contribution in [0.15, 0.2) is 11.6 Å². The predicted molar refractivity (Wildman–Crippen MR) is 62.2 cm³/mol. The minimum absolute atomic E-state index is 0.293. The number of hydrogen-bond acceptors (Lipinski definition) is 3. The molecule has 1 aromatic heterocycles. The number of hydrogen-bond donors (Lipinski definition) is 0. The Morgan fingerprint density at radius 3 is 2.50 bits per heavy atom. The molecule has 0 N–H and O–H groups in total. The lowest BCUT2D eigenvalue weighted by Crippen LogP contribution is -2.05. The van der Waals surface area contributed by atoms with Crippen LogP contribution in [0.4, 0.5) is 0 Å². The van der Waals surface area contributed by atoms with Gasteiger partial charge in [-0.3, -0.25) is 4.68 Å². The summed E-state index contributed by atoms with van der Waals surface area (Å²) in [6, 6.07) is 0. The molecule has 1 heterocycles. The molecular formula is C12H18N2O2. The fourth-order valence-electron chi connectivity index (χ4n) is 1.43. The maximum Gasteiger partial charge on any atom is 0.333 e. The third kappa shape index (κ3) is 2.51. The van der Waals surface area contributed by atoms with Gasteiger partial charge in [-0.1, -0.05) is 6.08 Å². The highest BCUT2D eigenvalue weighted by Gasteiger charge is 2.07. The second kappa shape index (κ2) is 4.96. The number of aromatic nitrogens is 2. The van der Waals surface area contributed by atoms with Gasteiger partial charge in [0.2, 0.25) is 0 Å². The highest BCUT2D eigenvalue weighted by Crippen LogP contribution is 2.11. The van der Waals surface area contributed by atoms with E-state index in [2.05, 4.69) is 9.84 Å². The Labute approximate surface area is 95.9 Å². The quantitative estimate of drug-likeness (QED) is 0.579. The first-order chi connectivity index (χ1) is 7.47. The normalized spacial score (nSPS) is 11.7. The summed E-state index contributed by atoms with van der Waals surface area (Å²) in [5.41, 5.74) is 3.96. The first kappa shape index (κ1) is 12.5. The van der Waals surface area contributed by atoms with Gasteiger partial charge >= 0.3 is 5.97 Å². The lowest BCUT2D eigenvalue weighted by molar-refractivity contribution is -0.136. The van der Waals surface area contributed by atoms with Crippen molar-refractivity contribution in [3.8, 4) is 0 Å². The van der Waals surface area contributed by atoms with Crippen molar-refractivity contribution in [2.24, 2.45) is 0 Å². The Hall–Kier alpha value is -1.58. The highest BCUT2D eigenvalue weighted by molar-refractivity contribution is 5.87. The zero-order chi connectivity index (χ0) is 12.3. The highest BCUT2D eigenvalue weighted by atomic mass is 16.5. The molecule has 0 aliphatic rings. The SMILES string of the molecule is COC(=O)C(C)=CCn1nc(C)c(C)c1C. The van der Waals surface area contributed by atoms with Crippen LogP contribution >= 0.6 is 0 Å². The number of methoxy groups -OCH3 is 1. The molecule has 1 rings (SSSR count). The minimum Gasteiger partial charge on any atom is -0.466 e. The molecule has 0 radical (unpaired) electrons. The molecule has 88 valence electrons. The van der Waals surface area contributed by atoms with E-state index in [1.165, 1.54) is 12.7 Å². The molecular weight excluding hydrogens is 204 g/mol. The summed E-state index contributed by atoms with van der Waals surface area (Å²) in [7, 11) is 1.38. The molecule has 0 bridgehead atoms. The molecule has 0 atom stereocenters. The number of carbonyl (C=O) groups excluding carboxylic acids is 1. The van der Waals surface area contributed by atoms with Gasteiger partial charge in [-0.25, -0.2) is 4.79 Å². The van der Waals surface area contributed by atoms with Crippen molar-refractivity contribution in [3.05, 3.63) is 28.6 Å². The third-order valence-corrected chi connectivity index (χ3v) is 2.82. The fraction of sp³-hybridized carbons (Fsp3) is 0.500. The van der Waals surface area contributed by atoms with E-state index in [0.29, 0.717) is 12.1 Å². The van der Waals surface area contributed by atoms with E-state index >= 15 is 0 Å². The molecule has 4 nitrogen and oxygen atoms in total. The Kier molecular flexibility index (Phi) is 3.88. The number of esters is 1. The van der Waals surface area contributed by atoms with E-state index in [0.717, 1.165) is 11.4 Å². The number of nitrogens with zero attached hydrogens (tertiary/aromatic N) is 2. The number of rotatable bonds is 3. The Morgan fingerprint density at radius 2 is 2.06 bits per heavy atom. The van der Waals surface area contributed by atoms with Gasteiger partial charge in [-0.15, -0.1) is 0 Å². The van der Waals surface area contributed by atoms with E-state index in [-0.39, 0.29) is 5.97 Å². The Balaban J connectivity index is 2.82. The smallest absolute Gasteiger partial charge is 0.333 e. The fourth-order valence-corrected chi connectivity index (χ4v) is 1.43. The summed E-state index contributed by atoms with van der Waals surface area (Å²) >= 11 is 0. The lowest BCUT2D eigenvalue weighted by Gasteiger charge is -2.02. The number of aryl methyl sites for hydroxylation is 1. The van der Waals surface area contributed by atoms with Gasteiger partial charge in [-0.2, -0.15) is 5.10 Å². The summed E-state index contributed by atoms with van der Waals surface area (Å²) in [5.74, 6) is -0.293. The van der Waals surface area contributed by atoms with E-state index in [1.54, 1.807) is 6.92 Å². The van der Waals surface area contributed by atoms with Crippen LogP contribution in [0.3, 0.4) is 0 Å². The standard InChI is InChI=1S/C12H18N2O2/c1-8(12(15)16-5)6-7-14-11(4)9(2)10(3)13-14/h6H,7H2,1-5H3. The molecule has 1 aromatic rings. The summed E-state index contributed by atoms with van der Waals surface area (Å²) in [6.07, 6.45) is 1.82. The van der Waals surface area contributed by atoms with Crippen molar-refractivity contribution < 1.29 is 9.53 Å². The van der Waals surface area contributed by atoms with Gasteiger partial charge in [0.05, 0.1) is 19.3 Å². The van der Waals surface area contributed by atoms with Gasteiger partial charge in [-0.05, 0) is 33.3 Å². The van der Waals surface area contributed by atoms with Crippen LogP contribution in [0, 0.1) is 20.8 Å². The van der Waals surface area contributed by atoms with E-state index in [9.17, 15) is 4.79 Å². The van der Waals surface area contributed by atoms with E-state index in [1.807, 2.05) is 31.5 Å². The zero-order valence-corrected chi connectivity index (χ0v) is 10.5. The molecule has 0 aliphatic heterocycles. The Morgan fingerprint density at radius 1 is 1.44 bits per heavy atom. The second-order valence-electron chi connectivity index (χ2n) is 3.86. The molecule has 0 amide bonds. The Bertz CT molecular complexity index is 430. The molecule has 0 aliphatic carbocycles. The maximum absolute atomic E-state index is 11.2. The van der Waals surface area contributed by atoms with Crippen molar-refractivity contribution in [1.29, 1.82) is 0 Å². The second-order valence-corrected chi connectivity index (χ2v) is 3.86. The summed E-state index contributed by atoms with van der Waals surface area (Å²) in [6.45, 7) is 8.39. The van der Waals surface area contributed by atoms with Crippen LogP contribution < -0.4 is 0 Å². The van der Waals surface area contributed by atoms with E-state index < -0.39 is 0 Å². The summed E-state index contributed by atoms with van der Waals surface area (Å²) in [4.78, 5) is 11.2. The number of ether oxygens (including phenoxy) is 1. The van der Waals surface area contributed by atoms with Gasteiger partial charge < -0.3 is 4.74 Å². The minimum atomic E-state index is -0.293. The monoisotopic (exact) mass is 222 g/mol. The number of carbonyl (C=O) groups is 1. The van der Waals surface area contributed by atoms with Gasteiger partial charge in [0.25, 0.3) is 0 Å². The van der Waals surface area contributed by atoms with Crippen LogP contribution in [0.25, 0.3) is 0 Å². The van der Waals surface area contributed by atoms with Crippen molar-refractivity contribution >= 4 is 5.97 Å². The molecule has 4 heteroatoms. The first-order valence-corrected chi connectivity index (χ1v) is 5.23. The van der Waals surface area contributed by atoms with Crippen molar-refractivity contribution in [3.63, 3.8) is 0 Å². The molecule has 0 saturated heterocycles. The predicted octanol–water partition coefficient (Wildman–Crippen LogP) is 1.93. The number of allylic oxidation sites excluding steroid dienone is 1. The largest absolute Gasteiger partial charge is 0.466 e. The van der Waals surface area contributed by atoms with Crippen molar-refractivity contribution in [1.82, 2.24) is 9.78 Å². The van der Waals surface area contributed by atoms with Crippen molar-refractivity contribution in [2.75, 3.05) is 7.11 Å². The van der Waals surface area contributed by atoms with Crippen LogP contribution in [0.1, 0.15) is 23.9 Å². The molecule has 0 spiro atoms. The van der Waals surface area contributed by atoms with Crippen LogP contribution in [-0.2, 0) is 16.1 Å². The molecule has 0 saturated carbocycles. The van der Waals surface area contributed by atoms with Crippen LogP contribution in [0.5, 0.6) is 0 Å². The maximum atomic E-state index is 11.2. The summed E-state index contributed by atoms with van der Waals surface area (Å²) < 4.78 is 6.51. The molecule has 0 fully saturated rings. The van der Waals surface area contributed by atoms with Crippen LogP contribution in [-0.4, -0.2) is 22.9 Å². The average molecular weight is 222 g/mol. The van der Waals surface area contributed by atoms with Gasteiger partial charge in [0.15, 0.2) is 0 Å². The zero-order valence-electron chi connectivity index (χ0n) is 10.5.